The van der Waals surface area contributed by atoms with E-state index in [4.69, 9.17) is 21.4 Å². The second-order valence-corrected chi connectivity index (χ2v) is 11.2. The summed E-state index contributed by atoms with van der Waals surface area (Å²) in [4.78, 5) is 11.2. The van der Waals surface area contributed by atoms with Crippen molar-refractivity contribution in [1.29, 1.82) is 0 Å². The molecule has 0 aliphatic heterocycles. The largest absolute Gasteiger partial charge is 0.478 e. The molecule has 0 fully saturated rings. The summed E-state index contributed by atoms with van der Waals surface area (Å²) in [7, 11) is -3.61. The van der Waals surface area contributed by atoms with Crippen LogP contribution in [-0.4, -0.2) is 31.6 Å². The first-order valence-electron chi connectivity index (χ1n) is 9.69. The number of fused-ring (bicyclic) bond motifs is 1. The highest BCUT2D eigenvalue weighted by atomic mass is 35.5. The van der Waals surface area contributed by atoms with Crippen molar-refractivity contribution in [3.8, 4) is 5.75 Å². The van der Waals surface area contributed by atoms with E-state index in [1.54, 1.807) is 31.2 Å². The number of aliphatic carboxylic acids is 1. The molecule has 1 heterocycles. The minimum atomic E-state index is -3.61. The Morgan fingerprint density at radius 3 is 2.52 bits per heavy atom. The van der Waals surface area contributed by atoms with Gasteiger partial charge in [-0.25, -0.2) is 17.9 Å². The van der Waals surface area contributed by atoms with E-state index in [1.165, 1.54) is 25.2 Å². The molecule has 1 aromatic heterocycles. The lowest BCUT2D eigenvalue weighted by molar-refractivity contribution is -0.152. The molecular weight excluding hydrogens is 458 g/mol. The summed E-state index contributed by atoms with van der Waals surface area (Å²) in [5, 5.41) is 10.6. The van der Waals surface area contributed by atoms with E-state index in [1.807, 2.05) is 18.2 Å². The summed E-state index contributed by atoms with van der Waals surface area (Å²) in [5.41, 5.74) is 0.401. The van der Waals surface area contributed by atoms with Crippen molar-refractivity contribution in [2.75, 3.05) is 6.54 Å². The summed E-state index contributed by atoms with van der Waals surface area (Å²) in [6, 6.07) is 12.5. The van der Waals surface area contributed by atoms with Gasteiger partial charge < -0.3 is 9.84 Å². The second-order valence-electron chi connectivity index (χ2n) is 7.72. The molecule has 0 amide bonds. The molecule has 0 aliphatic rings. The number of nitrogens with one attached hydrogen (secondary N) is 1. The van der Waals surface area contributed by atoms with E-state index in [9.17, 15) is 13.2 Å². The van der Waals surface area contributed by atoms with Crippen molar-refractivity contribution in [2.24, 2.45) is 0 Å². The van der Waals surface area contributed by atoms with Gasteiger partial charge in [-0.2, -0.15) is 0 Å². The maximum atomic E-state index is 12.8. The van der Waals surface area contributed by atoms with E-state index in [-0.39, 0.29) is 0 Å². The number of ether oxygens (including phenoxy) is 1. The maximum Gasteiger partial charge on any atom is 0.347 e. The monoisotopic (exact) mass is 481 g/mol. The van der Waals surface area contributed by atoms with Crippen molar-refractivity contribution in [3.63, 3.8) is 0 Å². The van der Waals surface area contributed by atoms with Crippen LogP contribution in [0.25, 0.3) is 10.1 Å². The van der Waals surface area contributed by atoms with Crippen molar-refractivity contribution in [1.82, 2.24) is 4.72 Å². The molecule has 2 aromatic carbocycles. The molecule has 0 bridgehead atoms. The van der Waals surface area contributed by atoms with Gasteiger partial charge in [0.2, 0.25) is 10.0 Å². The molecule has 166 valence electrons. The molecule has 0 aliphatic carbocycles. The normalized spacial score (nSPS) is 12.3. The van der Waals surface area contributed by atoms with Crippen LogP contribution in [-0.2, 0) is 21.2 Å². The molecule has 3 rings (SSSR count). The van der Waals surface area contributed by atoms with Crippen molar-refractivity contribution >= 4 is 49.0 Å². The molecule has 9 heteroatoms. The lowest BCUT2D eigenvalue weighted by Gasteiger charge is -2.21. The van der Waals surface area contributed by atoms with Gasteiger partial charge in [0.1, 0.15) is 9.96 Å². The van der Waals surface area contributed by atoms with E-state index < -0.39 is 21.6 Å². The highest BCUT2D eigenvalue weighted by Crippen LogP contribution is 2.35. The van der Waals surface area contributed by atoms with E-state index >= 15 is 0 Å². The number of aryl methyl sites for hydroxylation is 2. The van der Waals surface area contributed by atoms with Crippen LogP contribution < -0.4 is 9.46 Å². The average Bonchev–Trinajstić information content (AvgIpc) is 3.03. The third-order valence-corrected chi connectivity index (χ3v) is 8.43. The van der Waals surface area contributed by atoms with Gasteiger partial charge in [-0.3, -0.25) is 0 Å². The summed E-state index contributed by atoms with van der Waals surface area (Å²) >= 11 is 7.27. The van der Waals surface area contributed by atoms with Crippen molar-refractivity contribution in [2.45, 2.75) is 43.4 Å². The summed E-state index contributed by atoms with van der Waals surface area (Å²) in [5.74, 6) is -0.571. The van der Waals surface area contributed by atoms with Crippen LogP contribution in [0.15, 0.2) is 46.7 Å². The smallest absolute Gasteiger partial charge is 0.347 e. The predicted molar refractivity (Wildman–Crippen MR) is 124 cm³/mol. The van der Waals surface area contributed by atoms with Gasteiger partial charge in [0.15, 0.2) is 5.60 Å². The van der Waals surface area contributed by atoms with Crippen LogP contribution in [0.4, 0.5) is 0 Å². The number of sulfonamides is 1. The van der Waals surface area contributed by atoms with Gasteiger partial charge in [-0.05, 0) is 80.5 Å². The predicted octanol–water partition coefficient (Wildman–Crippen LogP) is 5.02. The third-order valence-electron chi connectivity index (χ3n) is 4.84. The van der Waals surface area contributed by atoms with Crippen LogP contribution in [0.1, 0.15) is 31.4 Å². The Kier molecular flexibility index (Phi) is 6.95. The lowest BCUT2D eigenvalue weighted by Crippen LogP contribution is -2.37. The van der Waals surface area contributed by atoms with Gasteiger partial charge in [0.05, 0.1) is 0 Å². The number of carboxylic acids is 1. The number of rotatable bonds is 9. The molecule has 0 saturated heterocycles. The van der Waals surface area contributed by atoms with Gasteiger partial charge in [0.25, 0.3) is 0 Å². The summed E-state index contributed by atoms with van der Waals surface area (Å²) in [6.07, 6.45) is 1.29. The number of thiophene rings is 1. The Morgan fingerprint density at radius 1 is 1.19 bits per heavy atom. The van der Waals surface area contributed by atoms with Crippen molar-refractivity contribution in [3.05, 3.63) is 58.6 Å². The first-order chi connectivity index (χ1) is 14.5. The standard InChI is InChI=1S/C22H24ClNO5S2/c1-14-18-13-16(23)8-11-19(18)30-20(14)31(27,28)24-12-4-5-15-6-9-17(10-7-15)29-22(2,3)21(25)26/h6-11,13,24H,4-5,12H2,1-3H3,(H,25,26). The third kappa shape index (κ3) is 5.57. The number of halogens is 1. The molecule has 0 spiro atoms. The number of hydrogen-bond donors (Lipinski definition) is 2. The number of benzene rings is 2. The highest BCUT2D eigenvalue weighted by molar-refractivity contribution is 7.91. The summed E-state index contributed by atoms with van der Waals surface area (Å²) < 4.78 is 34.9. The van der Waals surface area contributed by atoms with Crippen LogP contribution >= 0.6 is 22.9 Å². The van der Waals surface area contributed by atoms with Crippen molar-refractivity contribution < 1.29 is 23.1 Å². The number of carbonyl (C=O) groups is 1. The molecule has 0 unspecified atom stereocenters. The fraction of sp³-hybridized carbons (Fsp3) is 0.318. The topological polar surface area (TPSA) is 92.7 Å². The molecule has 0 radical (unpaired) electrons. The second kappa shape index (κ2) is 9.16. The molecule has 2 N–H and O–H groups in total. The minimum absolute atomic E-state index is 0.307. The average molecular weight is 482 g/mol. The number of carboxylic acid groups (broad SMARTS) is 1. The van der Waals surface area contributed by atoms with E-state index in [0.717, 1.165) is 15.6 Å². The zero-order valence-corrected chi connectivity index (χ0v) is 19.8. The molecule has 31 heavy (non-hydrogen) atoms. The molecule has 6 nitrogen and oxygen atoms in total. The maximum absolute atomic E-state index is 12.8. The molecule has 3 aromatic rings. The zero-order valence-electron chi connectivity index (χ0n) is 17.4. The van der Waals surface area contributed by atoms with E-state index in [2.05, 4.69) is 4.72 Å². The van der Waals surface area contributed by atoms with Crippen LogP contribution in [0.2, 0.25) is 5.02 Å². The molecule has 0 atom stereocenters. The van der Waals surface area contributed by atoms with Crippen LogP contribution in [0.3, 0.4) is 0 Å². The zero-order chi connectivity index (χ0) is 22.8. The van der Waals surface area contributed by atoms with Gasteiger partial charge in [-0.1, -0.05) is 23.7 Å². The van der Waals surface area contributed by atoms with Gasteiger partial charge >= 0.3 is 5.97 Å². The first-order valence-corrected chi connectivity index (χ1v) is 12.4. The Labute approximate surface area is 190 Å². The highest BCUT2D eigenvalue weighted by Gasteiger charge is 2.29. The van der Waals surface area contributed by atoms with Gasteiger partial charge in [0, 0.05) is 16.3 Å². The SMILES string of the molecule is Cc1c(S(=O)(=O)NCCCc2ccc(OC(C)(C)C(=O)O)cc2)sc2ccc(Cl)cc12. The van der Waals surface area contributed by atoms with Crippen LogP contribution in [0, 0.1) is 6.92 Å². The fourth-order valence-electron chi connectivity index (χ4n) is 3.05. The fourth-order valence-corrected chi connectivity index (χ4v) is 6.09. The first kappa shape index (κ1) is 23.5. The quantitative estimate of drug-likeness (QED) is 0.419. The summed E-state index contributed by atoms with van der Waals surface area (Å²) in [6.45, 7) is 5.07. The number of hydrogen-bond acceptors (Lipinski definition) is 5. The molecular formula is C22H24ClNO5S2. The Hall–Kier alpha value is -2.13. The van der Waals surface area contributed by atoms with E-state index in [0.29, 0.717) is 39.9 Å². The lowest BCUT2D eigenvalue weighted by atomic mass is 10.1. The molecule has 0 saturated carbocycles. The van der Waals surface area contributed by atoms with Crippen LogP contribution in [0.5, 0.6) is 5.75 Å². The Morgan fingerprint density at radius 2 is 1.87 bits per heavy atom. The minimum Gasteiger partial charge on any atom is -0.478 e. The Bertz CT molecular complexity index is 1200. The van der Waals surface area contributed by atoms with Gasteiger partial charge in [-0.15, -0.1) is 11.3 Å². The Balaban J connectivity index is 1.57.